The Hall–Kier alpha value is -1.53. The number of alkyl halides is 1. The molecule has 10 nitrogen and oxygen atoms in total. The second-order valence-electron chi connectivity index (χ2n) is 5.45. The number of halogens is 2. The Morgan fingerprint density at radius 1 is 1.15 bits per heavy atom. The summed E-state index contributed by atoms with van der Waals surface area (Å²) in [6.07, 6.45) is -2.11. The van der Waals surface area contributed by atoms with Gasteiger partial charge in [0.1, 0.15) is 23.9 Å². The molecule has 0 spiro atoms. The Morgan fingerprint density at radius 2 is 1.77 bits per heavy atom. The van der Waals surface area contributed by atoms with Gasteiger partial charge in [-0.3, -0.25) is 14.4 Å². The average Bonchev–Trinajstić information content (AvgIpc) is 2.95. The highest BCUT2D eigenvalue weighted by molar-refractivity contribution is 9.10. The minimum absolute atomic E-state index is 0.197. The molecule has 2 rings (SSSR count). The van der Waals surface area contributed by atoms with Crippen molar-refractivity contribution >= 4 is 49.8 Å². The quantitative estimate of drug-likeness (QED) is 0.334. The molecule has 144 valence electrons. The molecule has 0 saturated carbocycles. The van der Waals surface area contributed by atoms with E-state index in [1.165, 1.54) is 31.8 Å². The van der Waals surface area contributed by atoms with Crippen LogP contribution in [0.1, 0.15) is 27.0 Å². The highest BCUT2D eigenvalue weighted by Crippen LogP contribution is 2.36. The molecule has 0 amide bonds. The first-order chi connectivity index (χ1) is 12.2. The van der Waals surface area contributed by atoms with Gasteiger partial charge in [0.15, 0.2) is 18.4 Å². The zero-order valence-electron chi connectivity index (χ0n) is 14.1. The van der Waals surface area contributed by atoms with E-state index in [0.717, 1.165) is 0 Å². The van der Waals surface area contributed by atoms with Crippen molar-refractivity contribution in [1.82, 2.24) is 14.8 Å². The number of nitrogens with zero attached hydrogens (tertiary/aromatic N) is 3. The highest BCUT2D eigenvalue weighted by atomic mass is 79.9. The summed E-state index contributed by atoms with van der Waals surface area (Å²) < 4.78 is 23.3. The highest BCUT2D eigenvalue weighted by Gasteiger charge is 2.50. The van der Waals surface area contributed by atoms with E-state index < -0.39 is 47.3 Å². The smallest absolute Gasteiger partial charge is 0.303 e. The number of carbonyl (C=O) groups is 3. The van der Waals surface area contributed by atoms with Gasteiger partial charge in [0.25, 0.3) is 0 Å². The Labute approximate surface area is 165 Å². The van der Waals surface area contributed by atoms with Crippen LogP contribution in [0.5, 0.6) is 0 Å². The topological polar surface area (TPSA) is 119 Å². The van der Waals surface area contributed by atoms with Crippen molar-refractivity contribution in [3.05, 3.63) is 11.1 Å². The van der Waals surface area contributed by atoms with Crippen LogP contribution in [0.3, 0.4) is 0 Å². The normalized spacial score (nSPS) is 28.3. The lowest BCUT2D eigenvalue weighted by atomic mass is 10.00. The van der Waals surface area contributed by atoms with Gasteiger partial charge in [-0.15, -0.1) is 5.10 Å². The number of rotatable bonds is 5. The molecule has 0 N–H and O–H groups in total. The lowest BCUT2D eigenvalue weighted by molar-refractivity contribution is -0.224. The summed E-state index contributed by atoms with van der Waals surface area (Å²) in [5, 5.41) is 4.13. The number of hydrogen-bond acceptors (Lipinski definition) is 9. The molecule has 0 aliphatic carbocycles. The minimum atomic E-state index is -0.983. The summed E-state index contributed by atoms with van der Waals surface area (Å²) in [6, 6.07) is 0. The van der Waals surface area contributed by atoms with Crippen LogP contribution in [0.25, 0.3) is 0 Å². The molecule has 1 aliphatic heterocycles. The molecular formula is C14H17Br2N3O7. The van der Waals surface area contributed by atoms with Crippen molar-refractivity contribution in [1.29, 1.82) is 0 Å². The summed E-state index contributed by atoms with van der Waals surface area (Å²) in [4.78, 5) is 37.6. The number of esters is 3. The maximum absolute atomic E-state index is 11.6. The molecule has 5 atom stereocenters. The molecule has 26 heavy (non-hydrogen) atoms. The van der Waals surface area contributed by atoms with Gasteiger partial charge >= 0.3 is 17.9 Å². The SMILES string of the molecule is CC(=O)OC[C@H]1O[C@@H](n2cnc(Br)n2)[C@H](Br)[C@@H](OC(C)=O)[C@@H]1OC(C)=O. The molecule has 1 aromatic heterocycles. The van der Waals surface area contributed by atoms with Gasteiger partial charge in [0.05, 0.1) is 0 Å². The van der Waals surface area contributed by atoms with Crippen LogP contribution in [0.15, 0.2) is 11.1 Å². The minimum Gasteiger partial charge on any atom is -0.463 e. The van der Waals surface area contributed by atoms with E-state index in [1.54, 1.807) is 0 Å². The van der Waals surface area contributed by atoms with Crippen molar-refractivity contribution in [3.63, 3.8) is 0 Å². The van der Waals surface area contributed by atoms with E-state index in [4.69, 9.17) is 18.9 Å². The second kappa shape index (κ2) is 8.91. The van der Waals surface area contributed by atoms with Gasteiger partial charge in [-0.2, -0.15) is 0 Å². The van der Waals surface area contributed by atoms with Crippen LogP contribution >= 0.6 is 31.9 Å². The maximum atomic E-state index is 11.6. The van der Waals surface area contributed by atoms with E-state index in [9.17, 15) is 14.4 Å². The van der Waals surface area contributed by atoms with Crippen molar-refractivity contribution in [3.8, 4) is 0 Å². The predicted octanol–water partition coefficient (Wildman–Crippen LogP) is 1.13. The number of hydrogen-bond donors (Lipinski definition) is 0. The van der Waals surface area contributed by atoms with E-state index in [1.807, 2.05) is 0 Å². The fourth-order valence-electron chi connectivity index (χ4n) is 2.46. The summed E-state index contributed by atoms with van der Waals surface area (Å²) >= 11 is 6.57. The van der Waals surface area contributed by atoms with Crippen molar-refractivity contribution < 1.29 is 33.3 Å². The van der Waals surface area contributed by atoms with Crippen LogP contribution in [0.4, 0.5) is 0 Å². The molecule has 1 aromatic rings. The molecule has 1 fully saturated rings. The Bertz CT molecular complexity index is 683. The molecule has 1 aliphatic rings. The van der Waals surface area contributed by atoms with E-state index in [-0.39, 0.29) is 6.61 Å². The van der Waals surface area contributed by atoms with Gasteiger partial charge < -0.3 is 18.9 Å². The third-order valence-electron chi connectivity index (χ3n) is 3.39. The predicted molar refractivity (Wildman–Crippen MR) is 92.1 cm³/mol. The standard InChI is InChI=1S/C14H17Br2N3O7/c1-6(20)23-4-9-11(24-7(2)21)12(25-8(3)22)10(15)13(26-9)19-5-17-14(16)18-19/h5,9-13H,4H2,1-3H3/t9-,10-,11-,12-,13-/m1/s1. The van der Waals surface area contributed by atoms with Crippen LogP contribution < -0.4 is 0 Å². The van der Waals surface area contributed by atoms with Gasteiger partial charge in [-0.25, -0.2) is 9.67 Å². The molecule has 0 radical (unpaired) electrons. The fraction of sp³-hybridized carbons (Fsp3) is 0.643. The molecule has 1 saturated heterocycles. The average molecular weight is 499 g/mol. The largest absolute Gasteiger partial charge is 0.463 e. The summed E-state index contributed by atoms with van der Waals surface area (Å²) in [7, 11) is 0. The zero-order chi connectivity index (χ0) is 19.4. The molecule has 12 heteroatoms. The first kappa shape index (κ1) is 20.8. The summed E-state index contributed by atoms with van der Waals surface area (Å²) in [6.45, 7) is 3.50. The fourth-order valence-corrected chi connectivity index (χ4v) is 3.51. The molecule has 0 unspecified atom stereocenters. The zero-order valence-corrected chi connectivity index (χ0v) is 17.3. The second-order valence-corrected chi connectivity index (χ2v) is 7.22. The maximum Gasteiger partial charge on any atom is 0.303 e. The number of carbonyl (C=O) groups excluding carboxylic acids is 3. The van der Waals surface area contributed by atoms with Crippen LogP contribution in [-0.4, -0.2) is 62.4 Å². The molecule has 0 bridgehead atoms. The van der Waals surface area contributed by atoms with Gasteiger partial charge in [-0.05, 0) is 15.9 Å². The Kier molecular flexibility index (Phi) is 7.12. The third kappa shape index (κ3) is 5.24. The van der Waals surface area contributed by atoms with E-state index >= 15 is 0 Å². The summed E-state index contributed by atoms with van der Waals surface area (Å²) in [5.74, 6) is -1.69. The molecule has 2 heterocycles. The van der Waals surface area contributed by atoms with Crippen LogP contribution in [0.2, 0.25) is 0 Å². The number of ether oxygens (including phenoxy) is 4. The van der Waals surface area contributed by atoms with E-state index in [0.29, 0.717) is 4.73 Å². The van der Waals surface area contributed by atoms with Crippen molar-refractivity contribution in [2.24, 2.45) is 0 Å². The Morgan fingerprint density at radius 3 is 2.27 bits per heavy atom. The molecular weight excluding hydrogens is 482 g/mol. The summed E-state index contributed by atoms with van der Waals surface area (Å²) in [5.41, 5.74) is 0. The first-order valence-corrected chi connectivity index (χ1v) is 9.24. The van der Waals surface area contributed by atoms with Crippen molar-refractivity contribution in [2.45, 2.75) is 50.1 Å². The van der Waals surface area contributed by atoms with Crippen molar-refractivity contribution in [2.75, 3.05) is 6.61 Å². The Balaban J connectivity index is 2.35. The lowest BCUT2D eigenvalue weighted by Crippen LogP contribution is -2.57. The molecule has 0 aromatic carbocycles. The van der Waals surface area contributed by atoms with Crippen LogP contribution in [-0.2, 0) is 33.3 Å². The van der Waals surface area contributed by atoms with Gasteiger partial charge in [-0.1, -0.05) is 15.9 Å². The lowest BCUT2D eigenvalue weighted by Gasteiger charge is -2.42. The number of aromatic nitrogens is 3. The van der Waals surface area contributed by atoms with Gasteiger partial charge in [0.2, 0.25) is 4.73 Å². The van der Waals surface area contributed by atoms with Gasteiger partial charge in [0, 0.05) is 20.8 Å². The third-order valence-corrected chi connectivity index (χ3v) is 4.72. The van der Waals surface area contributed by atoms with Crippen LogP contribution in [0, 0.1) is 0 Å². The van der Waals surface area contributed by atoms with E-state index in [2.05, 4.69) is 41.9 Å². The first-order valence-electron chi connectivity index (χ1n) is 7.53. The monoisotopic (exact) mass is 497 g/mol.